The molecule has 1 aliphatic rings. The van der Waals surface area contributed by atoms with Crippen LogP contribution in [-0.2, 0) is 33.1 Å². The maximum absolute atomic E-state index is 12.6. The lowest BCUT2D eigenvalue weighted by molar-refractivity contribution is 0.240. The van der Waals surface area contributed by atoms with Gasteiger partial charge in [0, 0.05) is 57.7 Å². The van der Waals surface area contributed by atoms with Crippen LogP contribution in [0.25, 0.3) is 0 Å². The van der Waals surface area contributed by atoms with Crippen LogP contribution in [0, 0.1) is 6.92 Å². The van der Waals surface area contributed by atoms with Gasteiger partial charge in [-0.3, -0.25) is 19.2 Å². The summed E-state index contributed by atoms with van der Waals surface area (Å²) in [6.45, 7) is 4.49. The number of hydrogen-bond donors (Lipinski definition) is 2. The van der Waals surface area contributed by atoms with Gasteiger partial charge in [-0.15, -0.1) is 0 Å². The monoisotopic (exact) mass is 418 g/mol. The molecule has 0 spiro atoms. The molecule has 0 saturated carbocycles. The average molecular weight is 419 g/mol. The van der Waals surface area contributed by atoms with Crippen LogP contribution in [0.2, 0.25) is 0 Å². The van der Waals surface area contributed by atoms with Gasteiger partial charge in [0.1, 0.15) is 5.82 Å². The summed E-state index contributed by atoms with van der Waals surface area (Å²) < 4.78 is 1.61. The molecule has 2 N–H and O–H groups in total. The molecule has 0 fully saturated rings. The zero-order chi connectivity index (χ0) is 21.8. The molecule has 0 saturated heterocycles. The lowest BCUT2D eigenvalue weighted by Crippen LogP contribution is -2.37. The number of nitrogens with one attached hydrogen (secondary N) is 2. The number of fused-ring (bicyclic) bond motifs is 1. The van der Waals surface area contributed by atoms with E-state index in [4.69, 9.17) is 0 Å². The van der Waals surface area contributed by atoms with Gasteiger partial charge in [-0.1, -0.05) is 18.2 Å². The number of aromatic nitrogens is 3. The third kappa shape index (κ3) is 4.97. The molecule has 0 unspecified atom stereocenters. The normalized spacial score (nSPS) is 13.5. The number of rotatable bonds is 5. The van der Waals surface area contributed by atoms with Crippen LogP contribution in [0.15, 0.2) is 53.6 Å². The topological polar surface area (TPSA) is 92.2 Å². The molecule has 1 aromatic carbocycles. The smallest absolute Gasteiger partial charge is 0.319 e. The van der Waals surface area contributed by atoms with E-state index in [0.717, 1.165) is 53.4 Å². The minimum Gasteiger partial charge on any atom is -0.334 e. The van der Waals surface area contributed by atoms with Crippen LogP contribution in [0.1, 0.15) is 28.2 Å². The molecule has 8 heteroatoms. The summed E-state index contributed by atoms with van der Waals surface area (Å²) in [6, 6.07) is 11.3. The van der Waals surface area contributed by atoms with Gasteiger partial charge in [-0.05, 0) is 36.2 Å². The van der Waals surface area contributed by atoms with E-state index in [9.17, 15) is 9.59 Å². The number of nitrogens with zero attached hydrogens (tertiary/aromatic N) is 4. The largest absolute Gasteiger partial charge is 0.334 e. The molecule has 3 aromatic rings. The zero-order valence-electron chi connectivity index (χ0n) is 17.8. The van der Waals surface area contributed by atoms with Gasteiger partial charge >= 0.3 is 6.03 Å². The van der Waals surface area contributed by atoms with E-state index in [0.29, 0.717) is 13.1 Å². The number of carbonyl (C=O) groups excluding carboxylic acids is 1. The minimum atomic E-state index is -0.261. The highest BCUT2D eigenvalue weighted by atomic mass is 16.2. The van der Waals surface area contributed by atoms with Crippen molar-refractivity contribution >= 4 is 11.7 Å². The molecule has 4 rings (SSSR count). The van der Waals surface area contributed by atoms with Gasteiger partial charge in [0.2, 0.25) is 0 Å². The third-order valence-corrected chi connectivity index (χ3v) is 5.53. The van der Waals surface area contributed by atoms with Crippen LogP contribution >= 0.6 is 0 Å². The molecule has 0 bridgehead atoms. The van der Waals surface area contributed by atoms with E-state index in [2.05, 4.69) is 25.5 Å². The fraction of sp³-hybridized carbons (Fsp3) is 0.304. The maximum Gasteiger partial charge on any atom is 0.319 e. The Morgan fingerprint density at radius 2 is 1.97 bits per heavy atom. The predicted octanol–water partition coefficient (Wildman–Crippen LogP) is 2.36. The highest BCUT2D eigenvalue weighted by molar-refractivity contribution is 5.89. The molecular weight excluding hydrogens is 392 g/mol. The van der Waals surface area contributed by atoms with Crippen molar-refractivity contribution < 1.29 is 4.79 Å². The lowest BCUT2D eigenvalue weighted by Gasteiger charge is -2.28. The molecule has 2 aromatic heterocycles. The highest BCUT2D eigenvalue weighted by Crippen LogP contribution is 2.18. The number of pyridine rings is 1. The third-order valence-electron chi connectivity index (χ3n) is 5.53. The summed E-state index contributed by atoms with van der Waals surface area (Å²) in [5, 5.41) is 5.65. The van der Waals surface area contributed by atoms with Crippen molar-refractivity contribution in [1.29, 1.82) is 0 Å². The van der Waals surface area contributed by atoms with E-state index in [1.165, 1.54) is 0 Å². The van der Waals surface area contributed by atoms with Crippen molar-refractivity contribution in [2.24, 2.45) is 7.05 Å². The first-order valence-electron chi connectivity index (χ1n) is 10.3. The number of carbonyl (C=O) groups is 1. The molecule has 31 heavy (non-hydrogen) atoms. The maximum atomic E-state index is 12.6. The van der Waals surface area contributed by atoms with E-state index < -0.39 is 0 Å². The first-order chi connectivity index (χ1) is 15.0. The van der Waals surface area contributed by atoms with Gasteiger partial charge in [-0.25, -0.2) is 9.78 Å². The van der Waals surface area contributed by atoms with Crippen LogP contribution < -0.4 is 16.2 Å². The molecule has 8 nitrogen and oxygen atoms in total. The average Bonchev–Trinajstić information content (AvgIpc) is 2.79. The number of hydrogen-bond acceptors (Lipinski definition) is 5. The van der Waals surface area contributed by atoms with E-state index in [1.807, 2.05) is 43.3 Å². The molecule has 1 aliphatic heterocycles. The van der Waals surface area contributed by atoms with Crippen molar-refractivity contribution in [3.63, 3.8) is 0 Å². The van der Waals surface area contributed by atoms with E-state index >= 15 is 0 Å². The fourth-order valence-electron chi connectivity index (χ4n) is 3.69. The van der Waals surface area contributed by atoms with Crippen LogP contribution in [-0.4, -0.2) is 32.0 Å². The quantitative estimate of drug-likeness (QED) is 0.664. The van der Waals surface area contributed by atoms with E-state index in [1.54, 1.807) is 24.0 Å². The van der Waals surface area contributed by atoms with Crippen molar-refractivity contribution in [1.82, 2.24) is 24.8 Å². The van der Waals surface area contributed by atoms with Crippen molar-refractivity contribution in [2.45, 2.75) is 33.0 Å². The highest BCUT2D eigenvalue weighted by Gasteiger charge is 2.21. The second kappa shape index (κ2) is 9.09. The number of aryl methyl sites for hydroxylation is 1. The number of anilines is 1. The Balaban J connectivity index is 1.32. The SMILES string of the molecule is Cc1nc2c(c(=O)n1C)CN(Cc1ccc(NC(=O)NCc3cccnc3)cc1)CC2. The molecule has 3 heterocycles. The number of urea groups is 1. The summed E-state index contributed by atoms with van der Waals surface area (Å²) in [6.07, 6.45) is 4.20. The van der Waals surface area contributed by atoms with Crippen LogP contribution in [0.5, 0.6) is 0 Å². The van der Waals surface area contributed by atoms with Gasteiger partial charge in [0.25, 0.3) is 5.56 Å². The molecule has 0 atom stereocenters. The Morgan fingerprint density at radius 1 is 1.16 bits per heavy atom. The lowest BCUT2D eigenvalue weighted by atomic mass is 10.1. The van der Waals surface area contributed by atoms with Crippen molar-refractivity contribution in [3.8, 4) is 0 Å². The van der Waals surface area contributed by atoms with E-state index in [-0.39, 0.29) is 11.6 Å². The zero-order valence-corrected chi connectivity index (χ0v) is 17.8. The Hall–Kier alpha value is -3.52. The number of benzene rings is 1. The van der Waals surface area contributed by atoms with Gasteiger partial charge in [0.05, 0.1) is 11.3 Å². The summed E-state index contributed by atoms with van der Waals surface area (Å²) in [4.78, 5) is 35.5. The summed E-state index contributed by atoms with van der Waals surface area (Å²) >= 11 is 0. The van der Waals surface area contributed by atoms with Gasteiger partial charge < -0.3 is 10.6 Å². The number of amides is 2. The van der Waals surface area contributed by atoms with Crippen LogP contribution in [0.4, 0.5) is 10.5 Å². The Morgan fingerprint density at radius 3 is 2.71 bits per heavy atom. The van der Waals surface area contributed by atoms with Gasteiger partial charge in [-0.2, -0.15) is 0 Å². The second-order valence-electron chi connectivity index (χ2n) is 7.77. The van der Waals surface area contributed by atoms with Crippen LogP contribution in [0.3, 0.4) is 0 Å². The summed E-state index contributed by atoms with van der Waals surface area (Å²) in [5.74, 6) is 0.754. The van der Waals surface area contributed by atoms with Gasteiger partial charge in [0.15, 0.2) is 0 Å². The Bertz CT molecular complexity index is 1130. The standard InChI is InChI=1S/C23H26N6O2/c1-16-26-21-9-11-29(15-20(21)22(30)28(16)2)14-17-5-7-19(8-6-17)27-23(31)25-13-18-4-3-10-24-12-18/h3-8,10,12H,9,11,13-15H2,1-2H3,(H2,25,27,31). The first-order valence-corrected chi connectivity index (χ1v) is 10.3. The fourth-order valence-corrected chi connectivity index (χ4v) is 3.69. The molecule has 0 aliphatic carbocycles. The Labute approximate surface area is 181 Å². The minimum absolute atomic E-state index is 0.0454. The second-order valence-corrected chi connectivity index (χ2v) is 7.77. The molecule has 160 valence electrons. The predicted molar refractivity (Wildman–Crippen MR) is 119 cm³/mol. The summed E-state index contributed by atoms with van der Waals surface area (Å²) in [5.41, 5.74) is 4.56. The van der Waals surface area contributed by atoms with Crippen molar-refractivity contribution in [3.05, 3.63) is 87.4 Å². The molecular formula is C23H26N6O2. The molecule has 0 radical (unpaired) electrons. The Kier molecular flexibility index (Phi) is 6.08. The van der Waals surface area contributed by atoms with Crippen molar-refractivity contribution in [2.75, 3.05) is 11.9 Å². The first kappa shape index (κ1) is 20.7. The molecule has 2 amide bonds. The summed E-state index contributed by atoms with van der Waals surface area (Å²) in [7, 11) is 1.77.